The van der Waals surface area contributed by atoms with Crippen LogP contribution in [0.15, 0.2) is 46.9 Å². The number of benzene rings is 2. The highest BCUT2D eigenvalue weighted by molar-refractivity contribution is 9.10. The Hall–Kier alpha value is -1.92. The summed E-state index contributed by atoms with van der Waals surface area (Å²) in [4.78, 5) is 10.6. The third-order valence-electron chi connectivity index (χ3n) is 3.02. The van der Waals surface area contributed by atoms with Crippen molar-refractivity contribution < 1.29 is 14.8 Å². The topological polar surface area (TPSA) is 72.6 Å². The molecular formula is C15H14BrNO4. The lowest BCUT2D eigenvalue weighted by molar-refractivity contribution is -0.385. The monoisotopic (exact) mass is 351 g/mol. The van der Waals surface area contributed by atoms with Gasteiger partial charge >= 0.3 is 5.69 Å². The summed E-state index contributed by atoms with van der Waals surface area (Å²) in [7, 11) is 0. The van der Waals surface area contributed by atoms with Gasteiger partial charge in [-0.3, -0.25) is 10.1 Å². The fourth-order valence-electron chi connectivity index (χ4n) is 1.92. The number of nitro benzene ring substituents is 1. The number of hydrogen-bond donors (Lipinski definition) is 1. The summed E-state index contributed by atoms with van der Waals surface area (Å²) < 4.78 is 6.19. The van der Waals surface area contributed by atoms with Gasteiger partial charge in [0.15, 0.2) is 0 Å². The Labute approximate surface area is 130 Å². The number of para-hydroxylation sites is 2. The minimum atomic E-state index is -0.678. The maximum atomic E-state index is 11.1. The highest BCUT2D eigenvalue weighted by atomic mass is 79.9. The SMILES string of the molecule is CC[C@H](O)c1ccccc1Oc1c(Br)cccc1[N+](=O)[O-]. The van der Waals surface area contributed by atoms with Crippen LogP contribution in [0.5, 0.6) is 11.5 Å². The summed E-state index contributed by atoms with van der Waals surface area (Å²) in [5.74, 6) is 0.528. The van der Waals surface area contributed by atoms with Crippen molar-refractivity contribution in [2.24, 2.45) is 0 Å². The molecule has 0 spiro atoms. The summed E-state index contributed by atoms with van der Waals surface area (Å²) in [5, 5.41) is 21.1. The van der Waals surface area contributed by atoms with Gasteiger partial charge in [-0.15, -0.1) is 0 Å². The van der Waals surface area contributed by atoms with Crippen LogP contribution in [0, 0.1) is 10.1 Å². The van der Waals surface area contributed by atoms with E-state index in [-0.39, 0.29) is 11.4 Å². The standard InChI is InChI=1S/C15H14BrNO4/c1-2-13(18)10-6-3-4-9-14(10)21-15-11(16)7-5-8-12(15)17(19)20/h3-9,13,18H,2H2,1H3/t13-/m0/s1. The molecule has 2 rings (SSSR count). The molecule has 0 aromatic heterocycles. The van der Waals surface area contributed by atoms with Crippen molar-refractivity contribution in [3.63, 3.8) is 0 Å². The Morgan fingerprint density at radius 2 is 2.00 bits per heavy atom. The largest absolute Gasteiger partial charge is 0.449 e. The lowest BCUT2D eigenvalue weighted by Crippen LogP contribution is -2.00. The molecule has 1 atom stereocenters. The van der Waals surface area contributed by atoms with Crippen LogP contribution in [0.3, 0.4) is 0 Å². The van der Waals surface area contributed by atoms with Crippen molar-refractivity contribution in [2.45, 2.75) is 19.4 Å². The molecule has 21 heavy (non-hydrogen) atoms. The zero-order chi connectivity index (χ0) is 15.4. The van der Waals surface area contributed by atoms with Gasteiger partial charge in [0.2, 0.25) is 5.75 Å². The Balaban J connectivity index is 2.46. The highest BCUT2D eigenvalue weighted by Gasteiger charge is 2.21. The van der Waals surface area contributed by atoms with Gasteiger partial charge in [0.05, 0.1) is 15.5 Å². The molecule has 0 saturated heterocycles. The van der Waals surface area contributed by atoms with Gasteiger partial charge in [0.1, 0.15) is 5.75 Å². The fraction of sp³-hybridized carbons (Fsp3) is 0.200. The molecule has 0 heterocycles. The number of aliphatic hydroxyl groups excluding tert-OH is 1. The van der Waals surface area contributed by atoms with E-state index in [1.165, 1.54) is 6.07 Å². The molecule has 110 valence electrons. The maximum Gasteiger partial charge on any atom is 0.312 e. The molecule has 0 aliphatic heterocycles. The smallest absolute Gasteiger partial charge is 0.312 e. The van der Waals surface area contributed by atoms with Crippen LogP contribution in [-0.4, -0.2) is 10.0 Å². The van der Waals surface area contributed by atoms with E-state index in [9.17, 15) is 15.2 Å². The highest BCUT2D eigenvalue weighted by Crippen LogP contribution is 2.40. The van der Waals surface area contributed by atoms with E-state index in [0.29, 0.717) is 22.2 Å². The van der Waals surface area contributed by atoms with E-state index in [1.54, 1.807) is 36.4 Å². The van der Waals surface area contributed by atoms with Crippen LogP contribution in [0.25, 0.3) is 0 Å². The van der Waals surface area contributed by atoms with E-state index in [4.69, 9.17) is 4.74 Å². The molecular weight excluding hydrogens is 338 g/mol. The maximum absolute atomic E-state index is 11.1. The van der Waals surface area contributed by atoms with E-state index in [1.807, 2.05) is 6.92 Å². The quantitative estimate of drug-likeness (QED) is 0.631. The van der Waals surface area contributed by atoms with Crippen molar-refractivity contribution in [2.75, 3.05) is 0 Å². The molecule has 6 heteroatoms. The first kappa shape index (κ1) is 15.5. The van der Waals surface area contributed by atoms with E-state index in [2.05, 4.69) is 15.9 Å². The fourth-order valence-corrected chi connectivity index (χ4v) is 2.36. The van der Waals surface area contributed by atoms with Crippen molar-refractivity contribution in [3.8, 4) is 11.5 Å². The lowest BCUT2D eigenvalue weighted by Gasteiger charge is -2.15. The van der Waals surface area contributed by atoms with Gasteiger partial charge in [0, 0.05) is 11.6 Å². The zero-order valence-corrected chi connectivity index (χ0v) is 12.9. The third kappa shape index (κ3) is 3.40. The first-order valence-electron chi connectivity index (χ1n) is 6.42. The Bertz CT molecular complexity index is 660. The summed E-state index contributed by atoms with van der Waals surface area (Å²) in [6, 6.07) is 11.6. The zero-order valence-electron chi connectivity index (χ0n) is 11.3. The van der Waals surface area contributed by atoms with Crippen LogP contribution in [0.2, 0.25) is 0 Å². The minimum absolute atomic E-state index is 0.123. The second kappa shape index (κ2) is 6.69. The predicted molar refractivity (Wildman–Crippen MR) is 82.6 cm³/mol. The molecule has 0 unspecified atom stereocenters. The van der Waals surface area contributed by atoms with Crippen LogP contribution < -0.4 is 4.74 Å². The van der Waals surface area contributed by atoms with Crippen LogP contribution >= 0.6 is 15.9 Å². The first-order chi connectivity index (χ1) is 10.0. The predicted octanol–water partition coefficient (Wildman–Crippen LogP) is 4.59. The van der Waals surface area contributed by atoms with Crippen LogP contribution in [0.4, 0.5) is 5.69 Å². The average molecular weight is 352 g/mol. The Kier molecular flexibility index (Phi) is 4.93. The van der Waals surface area contributed by atoms with E-state index < -0.39 is 11.0 Å². The molecule has 2 aromatic carbocycles. The second-order valence-corrected chi connectivity index (χ2v) is 5.26. The molecule has 0 amide bonds. The van der Waals surface area contributed by atoms with Crippen molar-refractivity contribution >= 4 is 21.6 Å². The summed E-state index contributed by atoms with van der Waals surface area (Å²) in [6.07, 6.45) is -0.152. The molecule has 2 aromatic rings. The number of hydrogen-bond acceptors (Lipinski definition) is 4. The molecule has 0 radical (unpaired) electrons. The second-order valence-electron chi connectivity index (χ2n) is 4.41. The average Bonchev–Trinajstić information content (AvgIpc) is 2.48. The normalized spacial score (nSPS) is 12.0. The summed E-state index contributed by atoms with van der Waals surface area (Å²) in [6.45, 7) is 1.85. The number of halogens is 1. The number of ether oxygens (including phenoxy) is 1. The van der Waals surface area contributed by atoms with Gasteiger partial charge in [-0.2, -0.15) is 0 Å². The number of nitro groups is 1. The third-order valence-corrected chi connectivity index (χ3v) is 3.64. The van der Waals surface area contributed by atoms with Crippen molar-refractivity contribution in [3.05, 3.63) is 62.6 Å². The minimum Gasteiger partial charge on any atom is -0.449 e. The van der Waals surface area contributed by atoms with Gasteiger partial charge < -0.3 is 9.84 Å². The molecule has 0 saturated carbocycles. The van der Waals surface area contributed by atoms with Gasteiger partial charge in [-0.25, -0.2) is 0 Å². The first-order valence-corrected chi connectivity index (χ1v) is 7.21. The molecule has 0 fully saturated rings. The Morgan fingerprint density at radius 3 is 2.67 bits per heavy atom. The number of rotatable bonds is 5. The Morgan fingerprint density at radius 1 is 1.29 bits per heavy atom. The molecule has 1 N–H and O–H groups in total. The summed E-state index contributed by atoms with van der Waals surface area (Å²) >= 11 is 3.26. The van der Waals surface area contributed by atoms with Gasteiger partial charge in [-0.05, 0) is 34.5 Å². The van der Waals surface area contributed by atoms with E-state index in [0.717, 1.165) is 0 Å². The van der Waals surface area contributed by atoms with Gasteiger partial charge in [0.25, 0.3) is 0 Å². The number of aliphatic hydroxyl groups is 1. The van der Waals surface area contributed by atoms with Crippen molar-refractivity contribution in [1.29, 1.82) is 0 Å². The lowest BCUT2D eigenvalue weighted by atomic mass is 10.1. The molecule has 0 bridgehead atoms. The number of nitrogens with zero attached hydrogens (tertiary/aromatic N) is 1. The van der Waals surface area contributed by atoms with E-state index >= 15 is 0 Å². The molecule has 0 aliphatic rings. The van der Waals surface area contributed by atoms with Crippen LogP contribution in [-0.2, 0) is 0 Å². The van der Waals surface area contributed by atoms with Crippen molar-refractivity contribution in [1.82, 2.24) is 0 Å². The summed E-state index contributed by atoms with van der Waals surface area (Å²) in [5.41, 5.74) is 0.468. The molecule has 5 nitrogen and oxygen atoms in total. The van der Waals surface area contributed by atoms with Gasteiger partial charge in [-0.1, -0.05) is 31.2 Å². The molecule has 0 aliphatic carbocycles. The van der Waals surface area contributed by atoms with Crippen LogP contribution in [0.1, 0.15) is 25.0 Å².